The Kier molecular flexibility index (Phi) is 4.78. The molecule has 0 saturated carbocycles. The van der Waals surface area contributed by atoms with Crippen LogP contribution in [0.2, 0.25) is 0 Å². The summed E-state index contributed by atoms with van der Waals surface area (Å²) in [5, 5.41) is 0. The molecule has 4 heterocycles. The molecule has 6 nitrogen and oxygen atoms in total. The Morgan fingerprint density at radius 1 is 1.20 bits per heavy atom. The Morgan fingerprint density at radius 2 is 2.08 bits per heavy atom. The van der Waals surface area contributed by atoms with E-state index in [0.29, 0.717) is 5.92 Å². The minimum Gasteiger partial charge on any atom is -0.342 e. The first-order valence-corrected chi connectivity index (χ1v) is 9.25. The summed E-state index contributed by atoms with van der Waals surface area (Å²) in [5.41, 5.74) is 2.15. The van der Waals surface area contributed by atoms with Crippen molar-refractivity contribution in [2.24, 2.45) is 0 Å². The van der Waals surface area contributed by atoms with Crippen molar-refractivity contribution in [1.82, 2.24) is 19.9 Å². The van der Waals surface area contributed by atoms with Gasteiger partial charge in [-0.05, 0) is 43.9 Å². The first kappa shape index (κ1) is 16.3. The Balaban J connectivity index is 1.50. The zero-order valence-corrected chi connectivity index (χ0v) is 14.5. The van der Waals surface area contributed by atoms with E-state index in [4.69, 9.17) is 4.98 Å². The molecule has 0 spiro atoms. The molecule has 6 heteroatoms. The number of H-pyrrole nitrogens is 1. The molecule has 0 amide bonds. The SMILES string of the molecule is O=c1cc(C2CCCN(Cc3cccnc3)C2)nc(N2CCCC2)[nH]1. The third-order valence-electron chi connectivity index (χ3n) is 5.21. The molecule has 2 saturated heterocycles. The summed E-state index contributed by atoms with van der Waals surface area (Å²) < 4.78 is 0. The van der Waals surface area contributed by atoms with E-state index in [1.54, 1.807) is 6.07 Å². The van der Waals surface area contributed by atoms with Gasteiger partial charge in [-0.1, -0.05) is 6.07 Å². The molecule has 1 unspecified atom stereocenters. The molecule has 2 aromatic rings. The molecule has 25 heavy (non-hydrogen) atoms. The van der Waals surface area contributed by atoms with Crippen molar-refractivity contribution in [2.45, 2.75) is 38.1 Å². The number of aromatic amines is 1. The van der Waals surface area contributed by atoms with Gasteiger partial charge in [-0.25, -0.2) is 4.98 Å². The van der Waals surface area contributed by atoms with E-state index in [0.717, 1.165) is 57.2 Å². The summed E-state index contributed by atoms with van der Waals surface area (Å²) in [5.74, 6) is 1.08. The van der Waals surface area contributed by atoms with Crippen molar-refractivity contribution in [3.05, 3.63) is 52.2 Å². The Hall–Kier alpha value is -2.21. The molecule has 0 aromatic carbocycles. The van der Waals surface area contributed by atoms with Gasteiger partial charge in [0.2, 0.25) is 5.95 Å². The molecule has 0 radical (unpaired) electrons. The second-order valence-electron chi connectivity index (χ2n) is 7.12. The van der Waals surface area contributed by atoms with Crippen LogP contribution in [-0.4, -0.2) is 46.0 Å². The maximum absolute atomic E-state index is 12.1. The number of hydrogen-bond acceptors (Lipinski definition) is 5. The van der Waals surface area contributed by atoms with Gasteiger partial charge in [-0.2, -0.15) is 0 Å². The summed E-state index contributed by atoms with van der Waals surface area (Å²) >= 11 is 0. The summed E-state index contributed by atoms with van der Waals surface area (Å²) in [4.78, 5) is 28.7. The number of piperidine rings is 1. The number of nitrogens with zero attached hydrogens (tertiary/aromatic N) is 4. The molecular formula is C19H25N5O. The van der Waals surface area contributed by atoms with Crippen LogP contribution in [0, 0.1) is 0 Å². The molecule has 0 bridgehead atoms. The minimum absolute atomic E-state index is 0.0312. The van der Waals surface area contributed by atoms with Gasteiger partial charge in [0, 0.05) is 50.6 Å². The van der Waals surface area contributed by atoms with E-state index in [-0.39, 0.29) is 5.56 Å². The normalized spacial score (nSPS) is 21.6. The summed E-state index contributed by atoms with van der Waals surface area (Å²) in [6.07, 6.45) is 8.33. The molecule has 132 valence electrons. The molecule has 2 aliphatic rings. The average molecular weight is 339 g/mol. The van der Waals surface area contributed by atoms with E-state index in [1.165, 1.54) is 18.4 Å². The lowest BCUT2D eigenvalue weighted by Gasteiger charge is -2.32. The maximum Gasteiger partial charge on any atom is 0.252 e. The van der Waals surface area contributed by atoms with Crippen LogP contribution in [0.15, 0.2) is 35.4 Å². The van der Waals surface area contributed by atoms with Crippen LogP contribution < -0.4 is 10.5 Å². The standard InChI is InChI=1S/C19H25N5O/c25-18-11-17(21-19(22-18)24-9-1-2-10-24)16-6-4-8-23(14-16)13-15-5-3-7-20-12-15/h3,5,7,11-12,16H,1-2,4,6,8-10,13-14H2,(H,21,22,25). The van der Waals surface area contributed by atoms with Gasteiger partial charge in [-0.3, -0.25) is 19.7 Å². The summed E-state index contributed by atoms with van der Waals surface area (Å²) in [7, 11) is 0. The van der Waals surface area contributed by atoms with Gasteiger partial charge in [-0.15, -0.1) is 0 Å². The van der Waals surface area contributed by atoms with Crippen molar-refractivity contribution < 1.29 is 0 Å². The molecule has 1 N–H and O–H groups in total. The van der Waals surface area contributed by atoms with Crippen molar-refractivity contribution >= 4 is 5.95 Å². The smallest absolute Gasteiger partial charge is 0.252 e. The predicted octanol–water partition coefficient (Wildman–Crippen LogP) is 2.14. The highest BCUT2D eigenvalue weighted by Gasteiger charge is 2.24. The van der Waals surface area contributed by atoms with E-state index in [1.807, 2.05) is 18.5 Å². The zero-order chi connectivity index (χ0) is 17.1. The van der Waals surface area contributed by atoms with Crippen LogP contribution in [0.5, 0.6) is 0 Å². The second-order valence-corrected chi connectivity index (χ2v) is 7.12. The van der Waals surface area contributed by atoms with Gasteiger partial charge < -0.3 is 4.90 Å². The lowest BCUT2D eigenvalue weighted by Crippen LogP contribution is -2.35. The number of rotatable bonds is 4. The Labute approximate surface area is 147 Å². The fourth-order valence-corrected chi connectivity index (χ4v) is 3.94. The number of hydrogen-bond donors (Lipinski definition) is 1. The largest absolute Gasteiger partial charge is 0.342 e. The highest BCUT2D eigenvalue weighted by molar-refractivity contribution is 5.32. The van der Waals surface area contributed by atoms with Crippen molar-refractivity contribution in [2.75, 3.05) is 31.1 Å². The molecule has 2 aliphatic heterocycles. The lowest BCUT2D eigenvalue weighted by atomic mass is 9.94. The number of likely N-dealkylation sites (tertiary alicyclic amines) is 1. The third-order valence-corrected chi connectivity index (χ3v) is 5.21. The number of pyridine rings is 1. The lowest BCUT2D eigenvalue weighted by molar-refractivity contribution is 0.198. The number of anilines is 1. The van der Waals surface area contributed by atoms with E-state index < -0.39 is 0 Å². The average Bonchev–Trinajstić information content (AvgIpc) is 3.17. The molecule has 2 fully saturated rings. The van der Waals surface area contributed by atoms with Crippen molar-refractivity contribution in [3.63, 3.8) is 0 Å². The second kappa shape index (κ2) is 7.35. The van der Waals surface area contributed by atoms with Gasteiger partial charge in [0.15, 0.2) is 0 Å². The van der Waals surface area contributed by atoms with Gasteiger partial charge >= 0.3 is 0 Å². The fraction of sp³-hybridized carbons (Fsp3) is 0.526. The summed E-state index contributed by atoms with van der Waals surface area (Å²) in [6, 6.07) is 5.79. The van der Waals surface area contributed by atoms with E-state index in [2.05, 4.69) is 25.8 Å². The predicted molar refractivity (Wildman–Crippen MR) is 97.8 cm³/mol. The fourth-order valence-electron chi connectivity index (χ4n) is 3.94. The maximum atomic E-state index is 12.1. The topological polar surface area (TPSA) is 65.1 Å². The van der Waals surface area contributed by atoms with Crippen molar-refractivity contribution in [3.8, 4) is 0 Å². The zero-order valence-electron chi connectivity index (χ0n) is 14.5. The van der Waals surface area contributed by atoms with Crippen LogP contribution in [-0.2, 0) is 6.54 Å². The molecular weight excluding hydrogens is 314 g/mol. The number of nitrogens with one attached hydrogen (secondary N) is 1. The highest BCUT2D eigenvalue weighted by Crippen LogP contribution is 2.27. The van der Waals surface area contributed by atoms with E-state index in [9.17, 15) is 4.79 Å². The molecule has 0 aliphatic carbocycles. The molecule has 1 atom stereocenters. The quantitative estimate of drug-likeness (QED) is 0.924. The monoisotopic (exact) mass is 339 g/mol. The van der Waals surface area contributed by atoms with E-state index >= 15 is 0 Å². The first-order chi connectivity index (χ1) is 12.3. The Morgan fingerprint density at radius 3 is 2.88 bits per heavy atom. The van der Waals surface area contributed by atoms with Crippen LogP contribution in [0.3, 0.4) is 0 Å². The third kappa shape index (κ3) is 3.90. The van der Waals surface area contributed by atoms with Crippen LogP contribution >= 0.6 is 0 Å². The van der Waals surface area contributed by atoms with Gasteiger partial charge in [0.25, 0.3) is 5.56 Å². The van der Waals surface area contributed by atoms with Crippen LogP contribution in [0.4, 0.5) is 5.95 Å². The first-order valence-electron chi connectivity index (χ1n) is 9.25. The van der Waals surface area contributed by atoms with Gasteiger partial charge in [0.05, 0.1) is 5.69 Å². The molecule has 2 aromatic heterocycles. The summed E-state index contributed by atoms with van der Waals surface area (Å²) in [6.45, 7) is 4.93. The van der Waals surface area contributed by atoms with Crippen LogP contribution in [0.25, 0.3) is 0 Å². The van der Waals surface area contributed by atoms with Crippen LogP contribution in [0.1, 0.15) is 42.9 Å². The van der Waals surface area contributed by atoms with Crippen molar-refractivity contribution in [1.29, 1.82) is 0 Å². The Bertz CT molecular complexity index is 754. The van der Waals surface area contributed by atoms with Gasteiger partial charge in [0.1, 0.15) is 0 Å². The highest BCUT2D eigenvalue weighted by atomic mass is 16.1. The molecule has 4 rings (SSSR count). The number of aromatic nitrogens is 3. The minimum atomic E-state index is -0.0312.